The van der Waals surface area contributed by atoms with Crippen molar-refractivity contribution in [2.24, 2.45) is 5.73 Å². The Bertz CT molecular complexity index is 443. The molecule has 5 heteroatoms. The van der Waals surface area contributed by atoms with Crippen LogP contribution < -0.4 is 5.73 Å². The summed E-state index contributed by atoms with van der Waals surface area (Å²) in [6.07, 6.45) is -2.18. The third kappa shape index (κ3) is 2.92. The Labute approximate surface area is 111 Å². The van der Waals surface area contributed by atoms with Gasteiger partial charge in [-0.3, -0.25) is 4.90 Å². The molecule has 0 radical (unpaired) electrons. The summed E-state index contributed by atoms with van der Waals surface area (Å²) < 4.78 is 38.2. The Hall–Kier alpha value is -1.07. The van der Waals surface area contributed by atoms with Gasteiger partial charge in [0.25, 0.3) is 0 Å². The molecule has 1 aliphatic rings. The molecule has 0 saturated heterocycles. The lowest BCUT2D eigenvalue weighted by molar-refractivity contribution is -0.137. The molecule has 0 amide bonds. The van der Waals surface area contributed by atoms with Crippen LogP contribution in [-0.4, -0.2) is 18.0 Å². The summed E-state index contributed by atoms with van der Waals surface area (Å²) in [7, 11) is 0. The smallest absolute Gasteiger partial charge is 0.329 e. The van der Waals surface area contributed by atoms with E-state index in [1.807, 2.05) is 0 Å². The van der Waals surface area contributed by atoms with Crippen LogP contribution >= 0.6 is 0 Å². The first kappa shape index (κ1) is 14.3. The molecule has 1 unspecified atom stereocenters. The van der Waals surface area contributed by atoms with Crippen molar-refractivity contribution in [2.45, 2.75) is 38.5 Å². The monoisotopic (exact) mass is 272 g/mol. The van der Waals surface area contributed by atoms with Gasteiger partial charge in [0.2, 0.25) is 0 Å². The van der Waals surface area contributed by atoms with E-state index in [4.69, 9.17) is 5.73 Å². The molecule has 0 saturated carbocycles. The van der Waals surface area contributed by atoms with Gasteiger partial charge >= 0.3 is 6.18 Å². The van der Waals surface area contributed by atoms with Gasteiger partial charge in [0.1, 0.15) is 0 Å². The molecule has 0 aromatic heterocycles. The number of nitrogens with zero attached hydrogens (tertiary/aromatic N) is 1. The Balaban J connectivity index is 2.27. The van der Waals surface area contributed by atoms with E-state index < -0.39 is 11.7 Å². The molecule has 2 nitrogen and oxygen atoms in total. The molecule has 2 N–H and O–H groups in total. The average molecular weight is 272 g/mol. The van der Waals surface area contributed by atoms with Gasteiger partial charge in [0.05, 0.1) is 5.56 Å². The number of hydrogen-bond acceptors (Lipinski definition) is 2. The van der Waals surface area contributed by atoms with Crippen LogP contribution in [0, 0.1) is 0 Å². The van der Waals surface area contributed by atoms with Gasteiger partial charge in [-0.25, -0.2) is 0 Å². The van der Waals surface area contributed by atoms with Crippen LogP contribution in [-0.2, 0) is 12.7 Å². The minimum Gasteiger partial charge on any atom is -0.329 e. The summed E-state index contributed by atoms with van der Waals surface area (Å²) in [5, 5.41) is 0. The van der Waals surface area contributed by atoms with E-state index in [1.54, 1.807) is 6.07 Å². The molecule has 1 aromatic carbocycles. The maximum Gasteiger partial charge on any atom is 0.416 e. The number of fused-ring (bicyclic) bond motifs is 1. The quantitative estimate of drug-likeness (QED) is 0.911. The first-order valence-electron chi connectivity index (χ1n) is 6.61. The lowest BCUT2D eigenvalue weighted by Crippen LogP contribution is -2.28. The SMILES string of the molecule is CCCCN1Cc2ccc(C(F)(F)F)cc2C1CN. The topological polar surface area (TPSA) is 29.3 Å². The number of nitrogens with two attached hydrogens (primary N) is 1. The van der Waals surface area contributed by atoms with E-state index in [2.05, 4.69) is 11.8 Å². The highest BCUT2D eigenvalue weighted by molar-refractivity contribution is 5.39. The average Bonchev–Trinajstić information content (AvgIpc) is 2.71. The van der Waals surface area contributed by atoms with Crippen LogP contribution in [0.15, 0.2) is 18.2 Å². The second-order valence-corrected chi connectivity index (χ2v) is 4.99. The van der Waals surface area contributed by atoms with Gasteiger partial charge in [-0.1, -0.05) is 19.4 Å². The molecule has 106 valence electrons. The van der Waals surface area contributed by atoms with Gasteiger partial charge in [0, 0.05) is 19.1 Å². The van der Waals surface area contributed by atoms with Crippen LogP contribution in [0.25, 0.3) is 0 Å². The molecule has 19 heavy (non-hydrogen) atoms. The standard InChI is InChI=1S/C14H19F3N2/c1-2-3-6-19-9-10-4-5-11(14(15,16)17)7-12(10)13(19)8-18/h4-5,7,13H,2-3,6,8-9,18H2,1H3. The van der Waals surface area contributed by atoms with Crippen LogP contribution in [0.3, 0.4) is 0 Å². The maximum atomic E-state index is 12.7. The van der Waals surface area contributed by atoms with E-state index in [0.717, 1.165) is 36.6 Å². The predicted octanol–water partition coefficient (Wildman–Crippen LogP) is 3.32. The Kier molecular flexibility index (Phi) is 4.16. The predicted molar refractivity (Wildman–Crippen MR) is 68.6 cm³/mol. The van der Waals surface area contributed by atoms with E-state index in [-0.39, 0.29) is 6.04 Å². The van der Waals surface area contributed by atoms with E-state index in [1.165, 1.54) is 6.07 Å². The minimum atomic E-state index is -4.29. The number of halogens is 3. The highest BCUT2D eigenvalue weighted by atomic mass is 19.4. The zero-order valence-corrected chi connectivity index (χ0v) is 11.0. The third-order valence-electron chi connectivity index (χ3n) is 3.67. The van der Waals surface area contributed by atoms with Crippen LogP contribution in [0.2, 0.25) is 0 Å². The molecule has 0 fully saturated rings. The number of alkyl halides is 3. The lowest BCUT2D eigenvalue weighted by Gasteiger charge is -2.23. The molecule has 0 aliphatic carbocycles. The highest BCUT2D eigenvalue weighted by Gasteiger charge is 2.34. The molecule has 1 aliphatic heterocycles. The highest BCUT2D eigenvalue weighted by Crippen LogP contribution is 2.37. The van der Waals surface area contributed by atoms with Crippen molar-refractivity contribution in [1.29, 1.82) is 0 Å². The van der Waals surface area contributed by atoms with Crippen LogP contribution in [0.5, 0.6) is 0 Å². The fourth-order valence-corrected chi connectivity index (χ4v) is 2.62. The number of rotatable bonds is 4. The van der Waals surface area contributed by atoms with Gasteiger partial charge in [-0.2, -0.15) is 13.2 Å². The summed E-state index contributed by atoms with van der Waals surface area (Å²) >= 11 is 0. The van der Waals surface area contributed by atoms with Crippen molar-refractivity contribution in [2.75, 3.05) is 13.1 Å². The lowest BCUT2D eigenvalue weighted by atomic mass is 10.0. The van der Waals surface area contributed by atoms with Crippen molar-refractivity contribution in [3.8, 4) is 0 Å². The second-order valence-electron chi connectivity index (χ2n) is 4.99. The summed E-state index contributed by atoms with van der Waals surface area (Å²) in [5.74, 6) is 0. The second kappa shape index (κ2) is 5.51. The van der Waals surface area contributed by atoms with Crippen molar-refractivity contribution in [3.63, 3.8) is 0 Å². The van der Waals surface area contributed by atoms with Crippen molar-refractivity contribution in [1.82, 2.24) is 4.90 Å². The molecule has 1 atom stereocenters. The largest absolute Gasteiger partial charge is 0.416 e. The van der Waals surface area contributed by atoms with Crippen molar-refractivity contribution in [3.05, 3.63) is 34.9 Å². The zero-order chi connectivity index (χ0) is 14.0. The fourth-order valence-electron chi connectivity index (χ4n) is 2.62. The number of unbranched alkanes of at least 4 members (excludes halogenated alkanes) is 1. The first-order valence-corrected chi connectivity index (χ1v) is 6.61. The molecular formula is C14H19F3N2. The molecular weight excluding hydrogens is 253 g/mol. The third-order valence-corrected chi connectivity index (χ3v) is 3.67. The van der Waals surface area contributed by atoms with Gasteiger partial charge < -0.3 is 5.73 Å². The minimum absolute atomic E-state index is 0.0798. The Morgan fingerprint density at radius 3 is 2.68 bits per heavy atom. The number of benzene rings is 1. The van der Waals surface area contributed by atoms with Crippen LogP contribution in [0.1, 0.15) is 42.5 Å². The Morgan fingerprint density at radius 2 is 2.11 bits per heavy atom. The normalized spacial score (nSPS) is 19.7. The zero-order valence-electron chi connectivity index (χ0n) is 11.0. The van der Waals surface area contributed by atoms with Crippen molar-refractivity contribution < 1.29 is 13.2 Å². The molecule has 1 heterocycles. The van der Waals surface area contributed by atoms with Gasteiger partial charge in [-0.15, -0.1) is 0 Å². The van der Waals surface area contributed by atoms with Gasteiger partial charge in [-0.05, 0) is 36.2 Å². The molecule has 2 rings (SSSR count). The summed E-state index contributed by atoms with van der Waals surface area (Å²) in [6.45, 7) is 4.05. The Morgan fingerprint density at radius 1 is 1.37 bits per heavy atom. The molecule has 1 aromatic rings. The van der Waals surface area contributed by atoms with E-state index in [0.29, 0.717) is 13.1 Å². The van der Waals surface area contributed by atoms with Gasteiger partial charge in [0.15, 0.2) is 0 Å². The van der Waals surface area contributed by atoms with Crippen LogP contribution in [0.4, 0.5) is 13.2 Å². The van der Waals surface area contributed by atoms with E-state index in [9.17, 15) is 13.2 Å². The maximum absolute atomic E-state index is 12.7. The fraction of sp³-hybridized carbons (Fsp3) is 0.571. The summed E-state index contributed by atoms with van der Waals surface area (Å²) in [4.78, 5) is 2.17. The molecule has 0 bridgehead atoms. The summed E-state index contributed by atoms with van der Waals surface area (Å²) in [6, 6.07) is 3.94. The van der Waals surface area contributed by atoms with Crippen molar-refractivity contribution >= 4 is 0 Å². The molecule has 0 spiro atoms. The van der Waals surface area contributed by atoms with E-state index >= 15 is 0 Å². The first-order chi connectivity index (χ1) is 8.97. The number of hydrogen-bond donors (Lipinski definition) is 1. The summed E-state index contributed by atoms with van der Waals surface area (Å²) in [5.41, 5.74) is 6.88.